The number of nitrogens with zero attached hydrogens (tertiary/aromatic N) is 2. The van der Waals surface area contributed by atoms with Crippen LogP contribution in [0.3, 0.4) is 0 Å². The van der Waals surface area contributed by atoms with E-state index in [1.807, 2.05) is 26.0 Å². The van der Waals surface area contributed by atoms with E-state index in [4.69, 9.17) is 5.26 Å². The number of hydrogen-bond donors (Lipinski definition) is 1. The van der Waals surface area contributed by atoms with Gasteiger partial charge in [-0.15, -0.1) is 11.3 Å². The first-order valence-electron chi connectivity index (χ1n) is 5.46. The van der Waals surface area contributed by atoms with Crippen LogP contribution in [0.25, 0.3) is 0 Å². The molecule has 0 aliphatic carbocycles. The number of halogens is 1. The van der Waals surface area contributed by atoms with Crippen LogP contribution in [-0.2, 0) is 6.54 Å². The summed E-state index contributed by atoms with van der Waals surface area (Å²) in [5, 5.41) is 12.4. The molecular weight excluding hydrogens is 310 g/mol. The van der Waals surface area contributed by atoms with Gasteiger partial charge in [0.1, 0.15) is 11.9 Å². The van der Waals surface area contributed by atoms with Gasteiger partial charge < -0.3 is 5.32 Å². The Balaban J connectivity index is 2.21. The van der Waals surface area contributed by atoms with Crippen LogP contribution in [0.15, 0.2) is 22.0 Å². The maximum absolute atomic E-state index is 9.16. The molecule has 0 aromatic carbocycles. The number of aromatic nitrogens is 1. The van der Waals surface area contributed by atoms with Gasteiger partial charge in [-0.2, -0.15) is 5.26 Å². The lowest BCUT2D eigenvalue weighted by molar-refractivity contribution is 1.09. The van der Waals surface area contributed by atoms with Gasteiger partial charge in [0.05, 0.1) is 15.9 Å². The number of pyridine rings is 1. The minimum Gasteiger partial charge on any atom is -0.364 e. The molecule has 2 heterocycles. The highest BCUT2D eigenvalue weighted by molar-refractivity contribution is 9.11. The third-order valence-electron chi connectivity index (χ3n) is 2.52. The van der Waals surface area contributed by atoms with Crippen LogP contribution in [0.2, 0.25) is 0 Å². The van der Waals surface area contributed by atoms with Crippen LogP contribution in [0, 0.1) is 25.2 Å². The fourth-order valence-electron chi connectivity index (χ4n) is 1.72. The van der Waals surface area contributed by atoms with Gasteiger partial charge >= 0.3 is 0 Å². The van der Waals surface area contributed by atoms with Crippen LogP contribution in [0.5, 0.6) is 0 Å². The molecule has 0 saturated heterocycles. The standard InChI is InChI=1S/C13H12BrN3S/c1-8-5-9(2)17-13(11(8)6-15)16-7-10-3-4-12(14)18-10/h3-5H,7H2,1-2H3,(H,16,17). The fourth-order valence-corrected chi connectivity index (χ4v) is 3.15. The van der Waals surface area contributed by atoms with Gasteiger partial charge in [-0.1, -0.05) is 0 Å². The SMILES string of the molecule is Cc1cc(C)c(C#N)c(NCc2ccc(Br)s2)n1. The first-order valence-corrected chi connectivity index (χ1v) is 7.07. The topological polar surface area (TPSA) is 48.7 Å². The van der Waals surface area contributed by atoms with Crippen LogP contribution in [0.1, 0.15) is 21.7 Å². The minimum atomic E-state index is 0.622. The van der Waals surface area contributed by atoms with Crippen molar-refractivity contribution in [3.05, 3.63) is 43.7 Å². The third-order valence-corrected chi connectivity index (χ3v) is 4.14. The second-order valence-electron chi connectivity index (χ2n) is 3.98. The molecule has 92 valence electrons. The highest BCUT2D eigenvalue weighted by Crippen LogP contribution is 2.24. The van der Waals surface area contributed by atoms with E-state index in [1.165, 1.54) is 4.88 Å². The third kappa shape index (κ3) is 2.89. The molecule has 18 heavy (non-hydrogen) atoms. The number of anilines is 1. The molecule has 1 N–H and O–H groups in total. The van der Waals surface area contributed by atoms with Crippen molar-refractivity contribution in [2.45, 2.75) is 20.4 Å². The molecule has 3 nitrogen and oxygen atoms in total. The molecule has 2 rings (SSSR count). The van der Waals surface area contributed by atoms with Crippen LogP contribution < -0.4 is 5.32 Å². The van der Waals surface area contributed by atoms with E-state index in [0.29, 0.717) is 17.9 Å². The van der Waals surface area contributed by atoms with Gasteiger partial charge in [0.15, 0.2) is 0 Å². The van der Waals surface area contributed by atoms with E-state index in [9.17, 15) is 0 Å². The quantitative estimate of drug-likeness (QED) is 0.929. The Morgan fingerprint density at radius 3 is 2.83 bits per heavy atom. The molecule has 0 amide bonds. The first kappa shape index (κ1) is 13.1. The average Bonchev–Trinajstić information content (AvgIpc) is 2.72. The monoisotopic (exact) mass is 321 g/mol. The summed E-state index contributed by atoms with van der Waals surface area (Å²) < 4.78 is 1.10. The molecule has 0 saturated carbocycles. The number of hydrogen-bond acceptors (Lipinski definition) is 4. The fraction of sp³-hybridized carbons (Fsp3) is 0.231. The Hall–Kier alpha value is -1.38. The van der Waals surface area contributed by atoms with Crippen molar-refractivity contribution in [1.29, 1.82) is 5.26 Å². The minimum absolute atomic E-state index is 0.622. The smallest absolute Gasteiger partial charge is 0.144 e. The second-order valence-corrected chi connectivity index (χ2v) is 6.52. The van der Waals surface area contributed by atoms with Gasteiger partial charge in [0, 0.05) is 10.6 Å². The normalized spacial score (nSPS) is 10.1. The molecular formula is C13H12BrN3S. The molecule has 2 aromatic heterocycles. The zero-order chi connectivity index (χ0) is 13.1. The Bertz CT molecular complexity index is 613. The number of nitrogens with one attached hydrogen (secondary N) is 1. The van der Waals surface area contributed by atoms with E-state index in [0.717, 1.165) is 15.0 Å². The predicted octanol–water partition coefficient (Wildman–Crippen LogP) is 4.01. The molecule has 2 aromatic rings. The number of nitriles is 1. The number of rotatable bonds is 3. The highest BCUT2D eigenvalue weighted by Gasteiger charge is 2.08. The predicted molar refractivity (Wildman–Crippen MR) is 77.8 cm³/mol. The summed E-state index contributed by atoms with van der Waals surface area (Å²) in [6, 6.07) is 8.19. The van der Waals surface area contributed by atoms with Crippen LogP contribution >= 0.6 is 27.3 Å². The molecule has 0 aliphatic rings. The lowest BCUT2D eigenvalue weighted by Crippen LogP contribution is -2.04. The summed E-state index contributed by atoms with van der Waals surface area (Å²) in [7, 11) is 0. The van der Waals surface area contributed by atoms with Crippen molar-refractivity contribution >= 4 is 33.1 Å². The van der Waals surface area contributed by atoms with Crippen molar-refractivity contribution in [3.63, 3.8) is 0 Å². The molecule has 0 bridgehead atoms. The van der Waals surface area contributed by atoms with Gasteiger partial charge in [0.2, 0.25) is 0 Å². The Labute approximate surface area is 119 Å². The van der Waals surface area contributed by atoms with Crippen molar-refractivity contribution in [2.24, 2.45) is 0 Å². The molecule has 5 heteroatoms. The summed E-state index contributed by atoms with van der Waals surface area (Å²) >= 11 is 5.10. The Morgan fingerprint density at radius 2 is 2.22 bits per heavy atom. The molecule has 0 unspecified atom stereocenters. The van der Waals surface area contributed by atoms with Crippen molar-refractivity contribution in [1.82, 2.24) is 4.98 Å². The maximum Gasteiger partial charge on any atom is 0.144 e. The average molecular weight is 322 g/mol. The van der Waals surface area contributed by atoms with Crippen molar-refractivity contribution < 1.29 is 0 Å². The molecule has 0 atom stereocenters. The summed E-state index contributed by atoms with van der Waals surface area (Å²) in [6.07, 6.45) is 0. The molecule has 0 spiro atoms. The Morgan fingerprint density at radius 1 is 1.44 bits per heavy atom. The van der Waals surface area contributed by atoms with Gasteiger partial charge in [-0.25, -0.2) is 4.98 Å². The summed E-state index contributed by atoms with van der Waals surface area (Å²) in [5.41, 5.74) is 2.50. The molecule has 0 aliphatic heterocycles. The van der Waals surface area contributed by atoms with Gasteiger partial charge in [0.25, 0.3) is 0 Å². The second kappa shape index (κ2) is 5.51. The van der Waals surface area contributed by atoms with E-state index in [1.54, 1.807) is 11.3 Å². The van der Waals surface area contributed by atoms with Gasteiger partial charge in [-0.3, -0.25) is 0 Å². The van der Waals surface area contributed by atoms with Crippen LogP contribution in [0.4, 0.5) is 5.82 Å². The van der Waals surface area contributed by atoms with Crippen molar-refractivity contribution in [3.8, 4) is 6.07 Å². The summed E-state index contributed by atoms with van der Waals surface area (Å²) in [6.45, 7) is 4.54. The first-order chi connectivity index (χ1) is 8.60. The molecule has 0 fully saturated rings. The zero-order valence-electron chi connectivity index (χ0n) is 10.1. The lowest BCUT2D eigenvalue weighted by atomic mass is 10.1. The maximum atomic E-state index is 9.16. The van der Waals surface area contributed by atoms with E-state index >= 15 is 0 Å². The highest BCUT2D eigenvalue weighted by atomic mass is 79.9. The van der Waals surface area contributed by atoms with E-state index in [2.05, 4.69) is 38.4 Å². The van der Waals surface area contributed by atoms with E-state index < -0.39 is 0 Å². The lowest BCUT2D eigenvalue weighted by Gasteiger charge is -2.09. The largest absolute Gasteiger partial charge is 0.364 e. The van der Waals surface area contributed by atoms with Gasteiger partial charge in [-0.05, 0) is 53.5 Å². The summed E-state index contributed by atoms with van der Waals surface area (Å²) in [5.74, 6) is 0.666. The van der Waals surface area contributed by atoms with Crippen LogP contribution in [-0.4, -0.2) is 4.98 Å². The number of thiophene rings is 1. The van der Waals surface area contributed by atoms with Crippen molar-refractivity contribution in [2.75, 3.05) is 5.32 Å². The molecule has 0 radical (unpaired) electrons. The Kier molecular flexibility index (Phi) is 4.00. The zero-order valence-corrected chi connectivity index (χ0v) is 12.5. The number of aryl methyl sites for hydroxylation is 2. The summed E-state index contributed by atoms with van der Waals surface area (Å²) in [4.78, 5) is 5.59. The van der Waals surface area contributed by atoms with E-state index in [-0.39, 0.29) is 0 Å².